The highest BCUT2D eigenvalue weighted by Gasteiger charge is 2.19. The van der Waals surface area contributed by atoms with Gasteiger partial charge in [-0.15, -0.1) is 10.2 Å². The fraction of sp³-hybridized carbons (Fsp3) is 0.227. The van der Waals surface area contributed by atoms with Gasteiger partial charge in [-0.2, -0.15) is 4.98 Å². The molecule has 0 bridgehead atoms. The van der Waals surface area contributed by atoms with Crippen molar-refractivity contribution < 1.29 is 9.32 Å². The van der Waals surface area contributed by atoms with Crippen molar-refractivity contribution >= 4 is 23.4 Å². The zero-order chi connectivity index (χ0) is 21.8. The van der Waals surface area contributed by atoms with E-state index >= 15 is 0 Å². The second kappa shape index (κ2) is 9.13. The van der Waals surface area contributed by atoms with Gasteiger partial charge in [-0.3, -0.25) is 4.79 Å². The van der Waals surface area contributed by atoms with E-state index in [0.717, 1.165) is 23.2 Å². The Balaban J connectivity index is 1.41. The van der Waals surface area contributed by atoms with Gasteiger partial charge in [0.1, 0.15) is 0 Å². The summed E-state index contributed by atoms with van der Waals surface area (Å²) in [5.41, 5.74) is 3.98. The quantitative estimate of drug-likeness (QED) is 0.437. The number of benzene rings is 2. The van der Waals surface area contributed by atoms with Gasteiger partial charge < -0.3 is 14.4 Å². The van der Waals surface area contributed by atoms with Crippen LogP contribution in [-0.4, -0.2) is 36.6 Å². The number of anilines is 1. The highest BCUT2D eigenvalue weighted by molar-refractivity contribution is 7.99. The van der Waals surface area contributed by atoms with Crippen molar-refractivity contribution in [3.63, 3.8) is 0 Å². The van der Waals surface area contributed by atoms with E-state index in [1.807, 2.05) is 55.5 Å². The predicted octanol–water partition coefficient (Wildman–Crippen LogP) is 4.13. The van der Waals surface area contributed by atoms with E-state index in [4.69, 9.17) is 4.52 Å². The summed E-state index contributed by atoms with van der Waals surface area (Å²) in [7, 11) is 1.80. The van der Waals surface area contributed by atoms with Crippen LogP contribution in [0.15, 0.2) is 58.2 Å². The molecule has 0 unspecified atom stereocenters. The lowest BCUT2D eigenvalue weighted by Crippen LogP contribution is -2.14. The number of rotatable bonds is 7. The molecule has 1 amide bonds. The first-order chi connectivity index (χ1) is 15.0. The van der Waals surface area contributed by atoms with E-state index in [1.54, 1.807) is 11.6 Å². The third-order valence-corrected chi connectivity index (χ3v) is 5.73. The normalized spacial score (nSPS) is 10.9. The van der Waals surface area contributed by atoms with Crippen LogP contribution in [0.5, 0.6) is 0 Å². The molecule has 0 spiro atoms. The molecule has 4 rings (SSSR count). The molecule has 0 aliphatic rings. The summed E-state index contributed by atoms with van der Waals surface area (Å²) in [6.45, 7) is 4.10. The Morgan fingerprint density at radius 2 is 1.97 bits per heavy atom. The fourth-order valence-electron chi connectivity index (χ4n) is 2.96. The van der Waals surface area contributed by atoms with Crippen LogP contribution in [0.3, 0.4) is 0 Å². The summed E-state index contributed by atoms with van der Waals surface area (Å²) in [6, 6.07) is 15.7. The second-order valence-electron chi connectivity index (χ2n) is 7.05. The Kier molecular flexibility index (Phi) is 6.13. The number of nitrogens with zero attached hydrogens (tertiary/aromatic N) is 5. The first-order valence-corrected chi connectivity index (χ1v) is 10.8. The van der Waals surface area contributed by atoms with E-state index in [2.05, 4.69) is 32.6 Å². The molecule has 0 fully saturated rings. The molecule has 2 aromatic heterocycles. The number of carbonyl (C=O) groups is 1. The molecule has 0 radical (unpaired) electrons. The largest absolute Gasteiger partial charge is 0.330 e. The van der Waals surface area contributed by atoms with Gasteiger partial charge in [0.05, 0.1) is 5.75 Å². The molecule has 0 saturated heterocycles. The third kappa shape index (κ3) is 4.83. The monoisotopic (exact) mass is 434 g/mol. The van der Waals surface area contributed by atoms with Crippen molar-refractivity contribution in [1.82, 2.24) is 24.9 Å². The molecular formula is C22H22N6O2S. The van der Waals surface area contributed by atoms with Crippen LogP contribution in [0.2, 0.25) is 0 Å². The van der Waals surface area contributed by atoms with Crippen molar-refractivity contribution in [2.45, 2.75) is 25.4 Å². The van der Waals surface area contributed by atoms with Crippen LogP contribution in [0, 0.1) is 6.92 Å². The van der Waals surface area contributed by atoms with Crippen molar-refractivity contribution in [3.05, 3.63) is 59.7 Å². The molecule has 158 valence electrons. The van der Waals surface area contributed by atoms with E-state index in [9.17, 15) is 4.79 Å². The first kappa shape index (κ1) is 20.8. The Hall–Kier alpha value is -3.46. The van der Waals surface area contributed by atoms with Crippen LogP contribution in [0.1, 0.15) is 18.1 Å². The van der Waals surface area contributed by atoms with Crippen LogP contribution in [0.25, 0.3) is 23.1 Å². The molecule has 2 heterocycles. The fourth-order valence-corrected chi connectivity index (χ4v) is 3.67. The molecule has 2 aromatic carbocycles. The number of hydrogen-bond acceptors (Lipinski definition) is 7. The molecule has 8 nitrogen and oxygen atoms in total. The van der Waals surface area contributed by atoms with E-state index < -0.39 is 0 Å². The van der Waals surface area contributed by atoms with Crippen LogP contribution in [0.4, 0.5) is 5.69 Å². The van der Waals surface area contributed by atoms with E-state index in [-0.39, 0.29) is 17.6 Å². The smallest absolute Gasteiger partial charge is 0.296 e. The SMILES string of the molecule is CCc1cccc(NC(=O)CSc2nnc(-c3nc(-c4ccc(C)cc4)no3)n2C)c1. The molecule has 0 aliphatic heterocycles. The minimum absolute atomic E-state index is 0.109. The lowest BCUT2D eigenvalue weighted by molar-refractivity contribution is -0.113. The Labute approximate surface area is 184 Å². The maximum Gasteiger partial charge on any atom is 0.296 e. The van der Waals surface area contributed by atoms with Crippen molar-refractivity contribution in [3.8, 4) is 23.1 Å². The lowest BCUT2D eigenvalue weighted by atomic mass is 10.1. The third-order valence-electron chi connectivity index (χ3n) is 4.71. The van der Waals surface area contributed by atoms with Gasteiger partial charge in [-0.1, -0.05) is 65.8 Å². The Morgan fingerprint density at radius 3 is 2.74 bits per heavy atom. The Bertz CT molecular complexity index is 1200. The lowest BCUT2D eigenvalue weighted by Gasteiger charge is -2.06. The second-order valence-corrected chi connectivity index (χ2v) is 7.99. The van der Waals surface area contributed by atoms with Gasteiger partial charge in [0.15, 0.2) is 5.16 Å². The highest BCUT2D eigenvalue weighted by atomic mass is 32.2. The zero-order valence-electron chi connectivity index (χ0n) is 17.5. The average Bonchev–Trinajstić information content (AvgIpc) is 3.40. The minimum atomic E-state index is -0.109. The number of carbonyl (C=O) groups excluding carboxylic acids is 1. The molecule has 9 heteroatoms. The van der Waals surface area contributed by atoms with Crippen LogP contribution in [-0.2, 0) is 18.3 Å². The molecule has 0 aliphatic carbocycles. The number of aryl methyl sites for hydroxylation is 2. The Morgan fingerprint density at radius 1 is 1.16 bits per heavy atom. The molecule has 31 heavy (non-hydrogen) atoms. The molecular weight excluding hydrogens is 412 g/mol. The van der Waals surface area contributed by atoms with Crippen molar-refractivity contribution in [2.75, 3.05) is 11.1 Å². The van der Waals surface area contributed by atoms with Crippen molar-refractivity contribution in [1.29, 1.82) is 0 Å². The molecule has 0 saturated carbocycles. The standard InChI is InChI=1S/C22H22N6O2S/c1-4-15-6-5-7-17(12-15)23-18(29)13-31-22-26-25-20(28(22)3)21-24-19(27-30-21)16-10-8-14(2)9-11-16/h5-12H,4,13H2,1-3H3,(H,23,29). The van der Waals surface area contributed by atoms with E-state index in [1.165, 1.54) is 17.3 Å². The van der Waals surface area contributed by atoms with Gasteiger partial charge in [0.2, 0.25) is 17.6 Å². The van der Waals surface area contributed by atoms with Gasteiger partial charge in [-0.05, 0) is 31.0 Å². The molecule has 4 aromatic rings. The highest BCUT2D eigenvalue weighted by Crippen LogP contribution is 2.24. The molecule has 0 atom stereocenters. The minimum Gasteiger partial charge on any atom is -0.330 e. The number of aromatic nitrogens is 5. The summed E-state index contributed by atoms with van der Waals surface area (Å²) in [4.78, 5) is 16.8. The zero-order valence-corrected chi connectivity index (χ0v) is 18.3. The van der Waals surface area contributed by atoms with Crippen molar-refractivity contribution in [2.24, 2.45) is 7.05 Å². The average molecular weight is 435 g/mol. The first-order valence-electron chi connectivity index (χ1n) is 9.85. The topological polar surface area (TPSA) is 98.7 Å². The summed E-state index contributed by atoms with van der Waals surface area (Å²) in [6.07, 6.45) is 0.918. The maximum absolute atomic E-state index is 12.3. The van der Waals surface area contributed by atoms with Gasteiger partial charge in [-0.25, -0.2) is 0 Å². The summed E-state index contributed by atoms with van der Waals surface area (Å²) >= 11 is 1.29. The summed E-state index contributed by atoms with van der Waals surface area (Å²) < 4.78 is 7.12. The molecule has 1 N–H and O–H groups in total. The number of hydrogen-bond donors (Lipinski definition) is 1. The van der Waals surface area contributed by atoms with Crippen LogP contribution < -0.4 is 5.32 Å². The van der Waals surface area contributed by atoms with Gasteiger partial charge in [0, 0.05) is 18.3 Å². The number of amides is 1. The number of nitrogens with one attached hydrogen (secondary N) is 1. The summed E-state index contributed by atoms with van der Waals surface area (Å²) in [5.74, 6) is 1.31. The number of thioether (sulfide) groups is 1. The predicted molar refractivity (Wildman–Crippen MR) is 120 cm³/mol. The maximum atomic E-state index is 12.3. The van der Waals surface area contributed by atoms with E-state index in [0.29, 0.717) is 16.8 Å². The van der Waals surface area contributed by atoms with Gasteiger partial charge in [0.25, 0.3) is 5.89 Å². The van der Waals surface area contributed by atoms with Crippen LogP contribution >= 0.6 is 11.8 Å². The summed E-state index contributed by atoms with van der Waals surface area (Å²) in [5, 5.41) is 15.9. The van der Waals surface area contributed by atoms with Gasteiger partial charge >= 0.3 is 0 Å².